The molecule has 0 saturated carbocycles. The minimum absolute atomic E-state index is 0.422. The average molecular weight is 302 g/mol. The van der Waals surface area contributed by atoms with Crippen LogP contribution in [0.4, 0.5) is 0 Å². The Kier molecular flexibility index (Phi) is 5.08. The summed E-state index contributed by atoms with van der Waals surface area (Å²) in [4.78, 5) is 17.0. The lowest BCUT2D eigenvalue weighted by Crippen LogP contribution is -2.28. The fourth-order valence-electron chi connectivity index (χ4n) is 2.00. The summed E-state index contributed by atoms with van der Waals surface area (Å²) in [5.74, 6) is 0.210. The van der Waals surface area contributed by atoms with E-state index in [1.165, 1.54) is 6.20 Å². The topological polar surface area (TPSA) is 102 Å². The fourth-order valence-corrected chi connectivity index (χ4v) is 2.00. The lowest BCUT2D eigenvalue weighted by molar-refractivity contribution is -0.134. The number of nitrogens with zero attached hydrogens (tertiary/aromatic N) is 2. The van der Waals surface area contributed by atoms with Crippen molar-refractivity contribution in [2.75, 3.05) is 0 Å². The smallest absolute Gasteiger partial charge is 0.481 e. The maximum atomic E-state index is 9.69. The molecule has 2 heterocycles. The molecule has 2 N–H and O–H groups in total. The largest absolute Gasteiger partial charge is 0.491 e. The van der Waals surface area contributed by atoms with Gasteiger partial charge in [0.05, 0.1) is 12.8 Å². The summed E-state index contributed by atoms with van der Waals surface area (Å²) < 4.78 is 10.8. The van der Waals surface area contributed by atoms with Crippen LogP contribution >= 0.6 is 0 Å². The molecule has 1 aliphatic heterocycles. The molecule has 0 radical (unpaired) electrons. The highest BCUT2D eigenvalue weighted by atomic mass is 16.5. The number of carboxylic acids is 1. The summed E-state index contributed by atoms with van der Waals surface area (Å²) in [5.41, 5.74) is 2.81. The highest BCUT2D eigenvalue weighted by Crippen LogP contribution is 2.23. The van der Waals surface area contributed by atoms with E-state index in [0.717, 1.165) is 23.5 Å². The number of benzene rings is 1. The molecule has 1 aliphatic rings. The maximum absolute atomic E-state index is 9.69. The van der Waals surface area contributed by atoms with Gasteiger partial charge in [0.2, 0.25) is 5.88 Å². The highest BCUT2D eigenvalue weighted by Gasteiger charge is 2.29. The first kappa shape index (κ1) is 15.9. The second-order valence-corrected chi connectivity index (χ2v) is 4.64. The molecule has 114 valence electrons. The van der Waals surface area contributed by atoms with Crippen molar-refractivity contribution in [2.24, 2.45) is 0 Å². The summed E-state index contributed by atoms with van der Waals surface area (Å²) in [6.45, 7) is 3.48. The molecule has 7 nitrogen and oxygen atoms in total. The Morgan fingerprint density at radius 1 is 1.41 bits per heavy atom. The van der Waals surface area contributed by atoms with Crippen molar-refractivity contribution in [1.82, 2.24) is 9.97 Å². The molecule has 0 saturated heterocycles. The van der Waals surface area contributed by atoms with Crippen LogP contribution in [0.3, 0.4) is 0 Å². The van der Waals surface area contributed by atoms with Crippen molar-refractivity contribution < 1.29 is 24.3 Å². The molecular formula is C14H15BN2O5. The average Bonchev–Trinajstić information content (AvgIpc) is 2.82. The van der Waals surface area contributed by atoms with Crippen LogP contribution in [0.15, 0.2) is 30.7 Å². The summed E-state index contributed by atoms with van der Waals surface area (Å²) in [5, 5.41) is 17.1. The van der Waals surface area contributed by atoms with Crippen LogP contribution in [0.1, 0.15) is 18.1 Å². The van der Waals surface area contributed by atoms with Gasteiger partial charge in [0, 0.05) is 19.3 Å². The zero-order valence-electron chi connectivity index (χ0n) is 12.2. The Hall–Kier alpha value is -2.45. The van der Waals surface area contributed by atoms with Crippen molar-refractivity contribution in [3.8, 4) is 11.6 Å². The van der Waals surface area contributed by atoms with Crippen molar-refractivity contribution in [3.63, 3.8) is 0 Å². The summed E-state index contributed by atoms with van der Waals surface area (Å²) in [6.07, 6.45) is 4.68. The van der Waals surface area contributed by atoms with Crippen LogP contribution in [0, 0.1) is 6.92 Å². The first-order chi connectivity index (χ1) is 10.5. The van der Waals surface area contributed by atoms with E-state index >= 15 is 0 Å². The molecule has 1 aromatic heterocycles. The third-order valence-electron chi connectivity index (χ3n) is 2.89. The van der Waals surface area contributed by atoms with Crippen LogP contribution in [0.25, 0.3) is 0 Å². The normalized spacial score (nSPS) is 12.2. The molecular weight excluding hydrogens is 287 g/mol. The highest BCUT2D eigenvalue weighted by molar-refractivity contribution is 6.61. The van der Waals surface area contributed by atoms with Crippen LogP contribution in [0.5, 0.6) is 11.6 Å². The van der Waals surface area contributed by atoms with E-state index in [4.69, 9.17) is 19.3 Å². The van der Waals surface area contributed by atoms with E-state index in [0.29, 0.717) is 18.2 Å². The quantitative estimate of drug-likeness (QED) is 0.794. The third-order valence-corrected chi connectivity index (χ3v) is 2.89. The first-order valence-electron chi connectivity index (χ1n) is 6.54. The summed E-state index contributed by atoms with van der Waals surface area (Å²) in [7, 11) is -0.871. The van der Waals surface area contributed by atoms with E-state index in [9.17, 15) is 5.02 Å². The van der Waals surface area contributed by atoms with Gasteiger partial charge in [-0.1, -0.05) is 0 Å². The van der Waals surface area contributed by atoms with Gasteiger partial charge in [0.15, 0.2) is 0 Å². The predicted molar refractivity (Wildman–Crippen MR) is 79.0 cm³/mol. The zero-order valence-corrected chi connectivity index (χ0v) is 12.2. The number of aromatic nitrogens is 2. The fraction of sp³-hybridized carbons (Fsp3) is 0.214. The molecule has 1 aromatic carbocycles. The Bertz CT molecular complexity index is 662. The van der Waals surface area contributed by atoms with E-state index in [1.54, 1.807) is 18.5 Å². The van der Waals surface area contributed by atoms with Crippen LogP contribution in [-0.4, -0.2) is 33.2 Å². The number of aliphatic carboxylic acids is 1. The molecule has 0 bridgehead atoms. The molecule has 0 unspecified atom stereocenters. The van der Waals surface area contributed by atoms with Gasteiger partial charge in [-0.2, -0.15) is 0 Å². The molecule has 2 aromatic rings. The first-order valence-corrected chi connectivity index (χ1v) is 6.54. The monoisotopic (exact) mass is 302 g/mol. The summed E-state index contributed by atoms with van der Waals surface area (Å²) >= 11 is 0. The van der Waals surface area contributed by atoms with Crippen LogP contribution < -0.4 is 10.2 Å². The zero-order chi connectivity index (χ0) is 16.1. The lowest BCUT2D eigenvalue weighted by atomic mass is 9.78. The van der Waals surface area contributed by atoms with Crippen LogP contribution in [0.2, 0.25) is 0 Å². The number of carbonyl (C=O) groups is 1. The number of hydrogen-bond acceptors (Lipinski definition) is 6. The van der Waals surface area contributed by atoms with Gasteiger partial charge in [-0.05, 0) is 35.6 Å². The number of aryl methyl sites for hydroxylation is 1. The Morgan fingerprint density at radius 2 is 2.14 bits per heavy atom. The maximum Gasteiger partial charge on any atom is 0.491 e. The number of rotatable bonds is 2. The van der Waals surface area contributed by atoms with E-state index in [-0.39, 0.29) is 0 Å². The van der Waals surface area contributed by atoms with Gasteiger partial charge in [-0.3, -0.25) is 9.78 Å². The van der Waals surface area contributed by atoms with Gasteiger partial charge in [0.25, 0.3) is 5.97 Å². The standard InChI is InChI=1S/C12H11BN2O3.C2H4O2/c1-8-4-9(18-12-6-14-2-3-15-12)5-11-10(8)7-17-13(11)16;1-2(3)4/h2-6,16H,7H2,1H3;1H3,(H,3,4). The SMILES string of the molecule is CC(=O)O.Cc1cc(Oc2cnccn2)cc2c1COB2O. The van der Waals surface area contributed by atoms with Crippen molar-refractivity contribution in [3.05, 3.63) is 41.9 Å². The molecule has 0 spiro atoms. The lowest BCUT2D eigenvalue weighted by Gasteiger charge is -2.08. The van der Waals surface area contributed by atoms with Gasteiger partial charge < -0.3 is 19.5 Å². The molecule has 8 heteroatoms. The van der Waals surface area contributed by atoms with Crippen LogP contribution in [-0.2, 0) is 16.1 Å². The van der Waals surface area contributed by atoms with Gasteiger partial charge in [-0.15, -0.1) is 0 Å². The van der Waals surface area contributed by atoms with Gasteiger partial charge in [-0.25, -0.2) is 4.98 Å². The Morgan fingerprint density at radius 3 is 2.77 bits per heavy atom. The number of fused-ring (bicyclic) bond motifs is 1. The molecule has 0 amide bonds. The minimum Gasteiger partial charge on any atom is -0.481 e. The van der Waals surface area contributed by atoms with Crippen molar-refractivity contribution in [2.45, 2.75) is 20.5 Å². The molecule has 0 atom stereocenters. The minimum atomic E-state index is -0.871. The van der Waals surface area contributed by atoms with E-state index in [1.807, 2.05) is 13.0 Å². The van der Waals surface area contributed by atoms with Gasteiger partial charge >= 0.3 is 7.12 Å². The third kappa shape index (κ3) is 4.03. The Balaban J connectivity index is 0.000000396. The summed E-state index contributed by atoms with van der Waals surface area (Å²) in [6, 6.07) is 3.67. The van der Waals surface area contributed by atoms with Crippen molar-refractivity contribution >= 4 is 18.6 Å². The second kappa shape index (κ2) is 7.01. The molecule has 0 fully saturated rings. The molecule has 22 heavy (non-hydrogen) atoms. The molecule has 0 aliphatic carbocycles. The van der Waals surface area contributed by atoms with Gasteiger partial charge in [0.1, 0.15) is 5.75 Å². The number of carboxylic acid groups (broad SMARTS) is 1. The molecule has 3 rings (SSSR count). The van der Waals surface area contributed by atoms with E-state index in [2.05, 4.69) is 9.97 Å². The predicted octanol–water partition coefficient (Wildman–Crippen LogP) is 0.886. The number of ether oxygens (including phenoxy) is 1. The van der Waals surface area contributed by atoms with Crippen molar-refractivity contribution in [1.29, 1.82) is 0 Å². The Labute approximate surface area is 127 Å². The number of hydrogen-bond donors (Lipinski definition) is 2. The second-order valence-electron chi connectivity index (χ2n) is 4.64. The van der Waals surface area contributed by atoms with E-state index < -0.39 is 13.1 Å².